The summed E-state index contributed by atoms with van der Waals surface area (Å²) < 4.78 is 24.4. The van der Waals surface area contributed by atoms with Gasteiger partial charge in [-0.2, -0.15) is 0 Å². The molecule has 0 bridgehead atoms. The van der Waals surface area contributed by atoms with Crippen LogP contribution in [0.4, 0.5) is 14.5 Å². The van der Waals surface area contributed by atoms with Gasteiger partial charge in [-0.15, -0.1) is 0 Å². The van der Waals surface area contributed by atoms with Crippen LogP contribution in [0.1, 0.15) is 0 Å². The van der Waals surface area contributed by atoms with Crippen LogP contribution in [0.5, 0.6) is 0 Å². The van der Waals surface area contributed by atoms with Crippen LogP contribution in [0.2, 0.25) is 5.28 Å². The molecule has 2 N–H and O–H groups in total. The van der Waals surface area contributed by atoms with Gasteiger partial charge < -0.3 is 5.73 Å². The molecule has 0 atom stereocenters. The van der Waals surface area contributed by atoms with Crippen molar-refractivity contribution in [1.29, 1.82) is 0 Å². The molecular formula is C14H10ClF2N5. The molecule has 0 spiro atoms. The standard InChI is InChI=1S/C10H8FN3.C4H2ClFN2/c11-8-5-13-10(14-6-8)7-2-1-3-9(12)4-7;5-4-7-1-3(6)2-8-4/h1-6H,12H2;1-2H. The lowest BCUT2D eigenvalue weighted by molar-refractivity contribution is 0.613. The number of halogens is 3. The number of hydrogen-bond acceptors (Lipinski definition) is 5. The minimum absolute atomic E-state index is 0.0615. The maximum Gasteiger partial charge on any atom is 0.222 e. The third kappa shape index (κ3) is 4.71. The minimum atomic E-state index is -0.477. The van der Waals surface area contributed by atoms with Crippen LogP contribution in [0.3, 0.4) is 0 Å². The lowest BCUT2D eigenvalue weighted by Crippen LogP contribution is -1.91. The maximum atomic E-state index is 12.5. The summed E-state index contributed by atoms with van der Waals surface area (Å²) >= 11 is 5.22. The number of benzene rings is 1. The molecule has 112 valence electrons. The van der Waals surface area contributed by atoms with E-state index in [4.69, 9.17) is 17.3 Å². The fourth-order valence-corrected chi connectivity index (χ4v) is 1.53. The average Bonchev–Trinajstić information content (AvgIpc) is 2.52. The van der Waals surface area contributed by atoms with Crippen molar-refractivity contribution in [3.63, 3.8) is 0 Å². The molecule has 3 rings (SSSR count). The Balaban J connectivity index is 0.000000188. The topological polar surface area (TPSA) is 77.6 Å². The Labute approximate surface area is 129 Å². The van der Waals surface area contributed by atoms with Crippen molar-refractivity contribution in [2.75, 3.05) is 5.73 Å². The first kappa shape index (κ1) is 15.7. The fourth-order valence-electron chi connectivity index (χ4n) is 1.44. The lowest BCUT2D eigenvalue weighted by Gasteiger charge is -1.99. The molecule has 0 aliphatic heterocycles. The Morgan fingerprint density at radius 1 is 0.864 bits per heavy atom. The summed E-state index contributed by atoms with van der Waals surface area (Å²) in [7, 11) is 0. The van der Waals surface area contributed by atoms with Crippen molar-refractivity contribution in [2.24, 2.45) is 0 Å². The summed E-state index contributed by atoms with van der Waals surface area (Å²) in [6.07, 6.45) is 4.28. The van der Waals surface area contributed by atoms with Gasteiger partial charge in [0.15, 0.2) is 17.5 Å². The molecule has 5 nitrogen and oxygen atoms in total. The minimum Gasteiger partial charge on any atom is -0.399 e. The fraction of sp³-hybridized carbons (Fsp3) is 0. The van der Waals surface area contributed by atoms with Crippen LogP contribution in [0.15, 0.2) is 49.1 Å². The number of anilines is 1. The van der Waals surface area contributed by atoms with E-state index >= 15 is 0 Å². The van der Waals surface area contributed by atoms with Gasteiger partial charge in [0.25, 0.3) is 0 Å². The van der Waals surface area contributed by atoms with Gasteiger partial charge >= 0.3 is 0 Å². The number of nitrogens with two attached hydrogens (primary N) is 1. The molecule has 2 aromatic heterocycles. The molecule has 3 aromatic rings. The highest BCUT2D eigenvalue weighted by Gasteiger charge is 2.00. The molecule has 22 heavy (non-hydrogen) atoms. The SMILES string of the molecule is Fc1cnc(Cl)nc1.Nc1cccc(-c2ncc(F)cn2)c1. The van der Waals surface area contributed by atoms with E-state index in [1.54, 1.807) is 18.2 Å². The van der Waals surface area contributed by atoms with Gasteiger partial charge in [-0.3, -0.25) is 0 Å². The Hall–Kier alpha value is -2.67. The molecule has 0 aliphatic carbocycles. The van der Waals surface area contributed by atoms with Gasteiger partial charge in [0.1, 0.15) is 0 Å². The van der Waals surface area contributed by atoms with Crippen LogP contribution in [0, 0.1) is 11.6 Å². The molecule has 0 aliphatic rings. The third-order valence-corrected chi connectivity index (χ3v) is 2.55. The highest BCUT2D eigenvalue weighted by Crippen LogP contribution is 2.16. The van der Waals surface area contributed by atoms with Crippen molar-refractivity contribution >= 4 is 17.3 Å². The first-order chi connectivity index (χ1) is 10.5. The van der Waals surface area contributed by atoms with E-state index in [-0.39, 0.29) is 5.28 Å². The Kier molecular flexibility index (Phi) is 5.26. The summed E-state index contributed by atoms with van der Waals surface area (Å²) in [5, 5.41) is 0.0615. The van der Waals surface area contributed by atoms with Gasteiger partial charge in [-0.1, -0.05) is 12.1 Å². The lowest BCUT2D eigenvalue weighted by atomic mass is 10.2. The van der Waals surface area contributed by atoms with Crippen molar-refractivity contribution in [1.82, 2.24) is 19.9 Å². The predicted octanol–water partition coefficient (Wildman–Crippen LogP) is 3.13. The number of rotatable bonds is 1. The first-order valence-corrected chi connectivity index (χ1v) is 6.39. The second kappa shape index (κ2) is 7.37. The molecule has 0 radical (unpaired) electrons. The molecule has 0 saturated heterocycles. The average molecular weight is 322 g/mol. The number of nitrogens with zero attached hydrogens (tertiary/aromatic N) is 4. The summed E-state index contributed by atoms with van der Waals surface area (Å²) in [6, 6.07) is 7.14. The zero-order valence-electron chi connectivity index (χ0n) is 11.1. The normalized spacial score (nSPS) is 9.77. The van der Waals surface area contributed by atoms with Gasteiger partial charge in [0.2, 0.25) is 5.28 Å². The summed E-state index contributed by atoms with van der Waals surface area (Å²) in [6.45, 7) is 0. The molecule has 0 saturated carbocycles. The molecule has 0 amide bonds. The second-order valence-corrected chi connectivity index (χ2v) is 4.36. The van der Waals surface area contributed by atoms with Crippen LogP contribution >= 0.6 is 11.6 Å². The molecule has 0 fully saturated rings. The van der Waals surface area contributed by atoms with Gasteiger partial charge in [0.05, 0.1) is 24.8 Å². The monoisotopic (exact) mass is 321 g/mol. The first-order valence-electron chi connectivity index (χ1n) is 6.01. The molecule has 0 unspecified atom stereocenters. The molecule has 2 heterocycles. The molecule has 1 aromatic carbocycles. The quantitative estimate of drug-likeness (QED) is 0.550. The van der Waals surface area contributed by atoms with E-state index in [9.17, 15) is 8.78 Å². The smallest absolute Gasteiger partial charge is 0.222 e. The second-order valence-electron chi connectivity index (χ2n) is 4.02. The van der Waals surface area contributed by atoms with Gasteiger partial charge in [-0.25, -0.2) is 28.7 Å². The van der Waals surface area contributed by atoms with E-state index < -0.39 is 11.6 Å². The van der Waals surface area contributed by atoms with Crippen LogP contribution in [-0.4, -0.2) is 19.9 Å². The largest absolute Gasteiger partial charge is 0.399 e. The molecule has 8 heteroatoms. The Morgan fingerprint density at radius 2 is 1.41 bits per heavy atom. The van der Waals surface area contributed by atoms with Crippen molar-refractivity contribution < 1.29 is 8.78 Å². The number of hydrogen-bond donors (Lipinski definition) is 1. The van der Waals surface area contributed by atoms with Crippen molar-refractivity contribution in [3.8, 4) is 11.4 Å². The van der Waals surface area contributed by atoms with Gasteiger partial charge in [0, 0.05) is 11.3 Å². The van der Waals surface area contributed by atoms with Gasteiger partial charge in [-0.05, 0) is 23.7 Å². The van der Waals surface area contributed by atoms with E-state index in [0.717, 1.165) is 30.4 Å². The van der Waals surface area contributed by atoms with Crippen LogP contribution in [-0.2, 0) is 0 Å². The number of nitrogen functional groups attached to an aromatic ring is 1. The summed E-state index contributed by atoms with van der Waals surface area (Å²) in [4.78, 5) is 14.4. The van der Waals surface area contributed by atoms with Crippen LogP contribution < -0.4 is 5.73 Å². The highest BCUT2D eigenvalue weighted by atomic mass is 35.5. The van der Waals surface area contributed by atoms with E-state index in [1.165, 1.54) is 0 Å². The zero-order chi connectivity index (χ0) is 15.9. The van der Waals surface area contributed by atoms with Crippen molar-refractivity contribution in [3.05, 3.63) is 66.0 Å². The third-order valence-electron chi connectivity index (χ3n) is 2.35. The highest BCUT2D eigenvalue weighted by molar-refractivity contribution is 6.28. The van der Waals surface area contributed by atoms with Crippen LogP contribution in [0.25, 0.3) is 11.4 Å². The predicted molar refractivity (Wildman–Crippen MR) is 78.8 cm³/mol. The Morgan fingerprint density at radius 3 is 1.91 bits per heavy atom. The van der Waals surface area contributed by atoms with E-state index in [0.29, 0.717) is 11.5 Å². The zero-order valence-corrected chi connectivity index (χ0v) is 11.9. The van der Waals surface area contributed by atoms with E-state index in [2.05, 4.69) is 19.9 Å². The maximum absolute atomic E-state index is 12.5. The summed E-state index contributed by atoms with van der Waals surface area (Å²) in [5.74, 6) is -0.453. The number of aromatic nitrogens is 4. The molecular weight excluding hydrogens is 312 g/mol. The summed E-state index contributed by atoms with van der Waals surface area (Å²) in [5.41, 5.74) is 7.01. The van der Waals surface area contributed by atoms with E-state index in [1.807, 2.05) is 6.07 Å². The Bertz CT molecular complexity index is 714. The van der Waals surface area contributed by atoms with Crippen molar-refractivity contribution in [2.45, 2.75) is 0 Å².